The van der Waals surface area contributed by atoms with Crippen molar-refractivity contribution in [1.82, 2.24) is 10.6 Å². The molecule has 2 aromatic rings. The van der Waals surface area contributed by atoms with E-state index in [-0.39, 0.29) is 25.2 Å². The minimum absolute atomic E-state index is 0.0386. The monoisotopic (exact) mass is 355 g/mol. The SMILES string of the molecule is O=C1COC(c2ccc(NC(=O)NCc3ccccc3)cc2)C(CO)N1. The van der Waals surface area contributed by atoms with Gasteiger partial charge in [-0.15, -0.1) is 0 Å². The molecule has 1 saturated heterocycles. The molecule has 7 nitrogen and oxygen atoms in total. The van der Waals surface area contributed by atoms with Crippen molar-refractivity contribution in [3.63, 3.8) is 0 Å². The van der Waals surface area contributed by atoms with E-state index in [1.165, 1.54) is 0 Å². The number of rotatable bonds is 5. The molecule has 0 aromatic heterocycles. The highest BCUT2D eigenvalue weighted by Gasteiger charge is 2.30. The molecule has 2 aromatic carbocycles. The highest BCUT2D eigenvalue weighted by molar-refractivity contribution is 5.89. The van der Waals surface area contributed by atoms with Crippen LogP contribution in [-0.4, -0.2) is 36.3 Å². The second kappa shape index (κ2) is 8.46. The van der Waals surface area contributed by atoms with Gasteiger partial charge in [0, 0.05) is 12.2 Å². The summed E-state index contributed by atoms with van der Waals surface area (Å²) in [6, 6.07) is 16.0. The first-order valence-corrected chi connectivity index (χ1v) is 8.36. The van der Waals surface area contributed by atoms with Crippen LogP contribution in [0.25, 0.3) is 0 Å². The summed E-state index contributed by atoms with van der Waals surface area (Å²) in [5.74, 6) is -0.242. The average molecular weight is 355 g/mol. The van der Waals surface area contributed by atoms with Crippen LogP contribution in [0, 0.1) is 0 Å². The van der Waals surface area contributed by atoms with Crippen molar-refractivity contribution in [1.29, 1.82) is 0 Å². The van der Waals surface area contributed by atoms with Crippen LogP contribution in [0.1, 0.15) is 17.2 Å². The van der Waals surface area contributed by atoms with Crippen molar-refractivity contribution in [3.05, 3.63) is 65.7 Å². The number of carbonyl (C=O) groups excluding carboxylic acids is 2. The van der Waals surface area contributed by atoms with Crippen molar-refractivity contribution in [3.8, 4) is 0 Å². The number of ether oxygens (including phenoxy) is 1. The Kier molecular flexibility index (Phi) is 5.83. The van der Waals surface area contributed by atoms with Gasteiger partial charge >= 0.3 is 6.03 Å². The van der Waals surface area contributed by atoms with Crippen LogP contribution in [0.4, 0.5) is 10.5 Å². The maximum Gasteiger partial charge on any atom is 0.319 e. The molecule has 136 valence electrons. The number of morpholine rings is 1. The second-order valence-electron chi connectivity index (χ2n) is 6.00. The van der Waals surface area contributed by atoms with Gasteiger partial charge < -0.3 is 25.8 Å². The Hall–Kier alpha value is -2.90. The Labute approximate surface area is 151 Å². The third kappa shape index (κ3) is 4.59. The number of nitrogens with one attached hydrogen (secondary N) is 3. The number of carbonyl (C=O) groups is 2. The van der Waals surface area contributed by atoms with Crippen molar-refractivity contribution in [2.24, 2.45) is 0 Å². The van der Waals surface area contributed by atoms with Gasteiger partial charge in [0.1, 0.15) is 12.7 Å². The van der Waals surface area contributed by atoms with E-state index in [1.807, 2.05) is 30.3 Å². The number of anilines is 1. The molecule has 1 aliphatic rings. The van der Waals surface area contributed by atoms with Gasteiger partial charge in [-0.25, -0.2) is 4.79 Å². The van der Waals surface area contributed by atoms with Gasteiger partial charge in [0.05, 0.1) is 12.6 Å². The lowest BCUT2D eigenvalue weighted by atomic mass is 10.0. The summed E-state index contributed by atoms with van der Waals surface area (Å²) in [5, 5.41) is 17.7. The van der Waals surface area contributed by atoms with E-state index in [2.05, 4.69) is 16.0 Å². The Balaban J connectivity index is 1.55. The highest BCUT2D eigenvalue weighted by Crippen LogP contribution is 2.25. The average Bonchev–Trinajstić information content (AvgIpc) is 2.68. The zero-order valence-electron chi connectivity index (χ0n) is 14.1. The summed E-state index contributed by atoms with van der Waals surface area (Å²) in [4.78, 5) is 23.3. The summed E-state index contributed by atoms with van der Waals surface area (Å²) in [6.07, 6.45) is -0.418. The van der Waals surface area contributed by atoms with Gasteiger partial charge in [-0.1, -0.05) is 42.5 Å². The number of aliphatic hydroxyl groups is 1. The van der Waals surface area contributed by atoms with Gasteiger partial charge in [0.2, 0.25) is 5.91 Å². The first-order valence-electron chi connectivity index (χ1n) is 8.36. The van der Waals surface area contributed by atoms with Crippen LogP contribution in [0.15, 0.2) is 54.6 Å². The predicted octanol–water partition coefficient (Wildman–Crippen LogP) is 1.56. The smallest absolute Gasteiger partial charge is 0.319 e. The molecule has 2 unspecified atom stereocenters. The van der Waals surface area contributed by atoms with Gasteiger partial charge in [0.15, 0.2) is 0 Å². The number of aliphatic hydroxyl groups excluding tert-OH is 1. The van der Waals surface area contributed by atoms with Gasteiger partial charge in [-0.05, 0) is 23.3 Å². The third-order valence-corrected chi connectivity index (χ3v) is 4.10. The normalized spacial score (nSPS) is 19.5. The van der Waals surface area contributed by atoms with E-state index in [0.29, 0.717) is 12.2 Å². The molecule has 0 radical (unpaired) electrons. The van der Waals surface area contributed by atoms with E-state index in [9.17, 15) is 14.7 Å². The summed E-state index contributed by atoms with van der Waals surface area (Å²) >= 11 is 0. The fourth-order valence-electron chi connectivity index (χ4n) is 2.79. The van der Waals surface area contributed by atoms with E-state index in [1.54, 1.807) is 24.3 Å². The van der Waals surface area contributed by atoms with Crippen LogP contribution in [-0.2, 0) is 16.1 Å². The van der Waals surface area contributed by atoms with Crippen LogP contribution >= 0.6 is 0 Å². The van der Waals surface area contributed by atoms with E-state index < -0.39 is 12.1 Å². The molecular formula is C19H21N3O4. The molecule has 1 fully saturated rings. The molecule has 0 bridgehead atoms. The minimum Gasteiger partial charge on any atom is -0.394 e. The summed E-state index contributed by atoms with van der Waals surface area (Å²) < 4.78 is 5.52. The number of benzene rings is 2. The summed E-state index contributed by atoms with van der Waals surface area (Å²) in [7, 11) is 0. The van der Waals surface area contributed by atoms with Crippen molar-refractivity contribution in [2.75, 3.05) is 18.5 Å². The highest BCUT2D eigenvalue weighted by atomic mass is 16.5. The first-order chi connectivity index (χ1) is 12.7. The van der Waals surface area contributed by atoms with Gasteiger partial charge in [-0.2, -0.15) is 0 Å². The molecule has 7 heteroatoms. The number of amides is 3. The topological polar surface area (TPSA) is 99.7 Å². The van der Waals surface area contributed by atoms with E-state index in [4.69, 9.17) is 4.74 Å². The van der Waals surface area contributed by atoms with Gasteiger partial charge in [-0.3, -0.25) is 4.79 Å². The number of hydrogen-bond acceptors (Lipinski definition) is 4. The molecule has 1 aliphatic heterocycles. The maximum absolute atomic E-state index is 12.0. The summed E-state index contributed by atoms with van der Waals surface area (Å²) in [6.45, 7) is 0.194. The van der Waals surface area contributed by atoms with Crippen molar-refractivity contribution < 1.29 is 19.4 Å². The molecule has 26 heavy (non-hydrogen) atoms. The number of urea groups is 1. The molecule has 3 amide bonds. The first kappa shape index (κ1) is 17.9. The van der Waals surface area contributed by atoms with Crippen LogP contribution in [0.2, 0.25) is 0 Å². The van der Waals surface area contributed by atoms with Crippen LogP contribution in [0.3, 0.4) is 0 Å². The fraction of sp³-hybridized carbons (Fsp3) is 0.263. The lowest BCUT2D eigenvalue weighted by molar-refractivity contribution is -0.138. The quantitative estimate of drug-likeness (QED) is 0.654. The lowest BCUT2D eigenvalue weighted by Gasteiger charge is -2.31. The zero-order valence-corrected chi connectivity index (χ0v) is 14.1. The van der Waals surface area contributed by atoms with E-state index >= 15 is 0 Å². The number of hydrogen-bond donors (Lipinski definition) is 4. The zero-order chi connectivity index (χ0) is 18.4. The molecular weight excluding hydrogens is 334 g/mol. The van der Waals surface area contributed by atoms with Crippen LogP contribution in [0.5, 0.6) is 0 Å². The van der Waals surface area contributed by atoms with Gasteiger partial charge in [0.25, 0.3) is 0 Å². The predicted molar refractivity (Wildman–Crippen MR) is 96.5 cm³/mol. The fourth-order valence-corrected chi connectivity index (χ4v) is 2.79. The largest absolute Gasteiger partial charge is 0.394 e. The Morgan fingerprint density at radius 3 is 2.58 bits per heavy atom. The minimum atomic E-state index is -0.482. The molecule has 0 aliphatic carbocycles. The second-order valence-corrected chi connectivity index (χ2v) is 6.00. The van der Waals surface area contributed by atoms with Crippen LogP contribution < -0.4 is 16.0 Å². The lowest BCUT2D eigenvalue weighted by Crippen LogP contribution is -2.49. The Bertz CT molecular complexity index is 749. The molecule has 0 saturated carbocycles. The maximum atomic E-state index is 12.0. The molecule has 0 spiro atoms. The molecule has 2 atom stereocenters. The molecule has 4 N–H and O–H groups in total. The third-order valence-electron chi connectivity index (χ3n) is 4.10. The summed E-state index contributed by atoms with van der Waals surface area (Å²) in [5.41, 5.74) is 2.48. The standard InChI is InChI=1S/C19H21N3O4/c23-11-16-18(26-12-17(24)22-16)14-6-8-15(9-7-14)21-19(25)20-10-13-4-2-1-3-5-13/h1-9,16,18,23H,10-12H2,(H,22,24)(H2,20,21,25). The van der Waals surface area contributed by atoms with Crippen molar-refractivity contribution >= 4 is 17.6 Å². The molecule has 3 rings (SSSR count). The molecule has 1 heterocycles. The van der Waals surface area contributed by atoms with E-state index in [0.717, 1.165) is 11.1 Å². The van der Waals surface area contributed by atoms with Crippen molar-refractivity contribution in [2.45, 2.75) is 18.7 Å². The Morgan fingerprint density at radius 2 is 1.88 bits per heavy atom. The Morgan fingerprint density at radius 1 is 1.15 bits per heavy atom.